The maximum Gasteiger partial charge on any atom is 0.236 e. The summed E-state index contributed by atoms with van der Waals surface area (Å²) in [5, 5.41) is 2.87. The summed E-state index contributed by atoms with van der Waals surface area (Å²) in [6, 6.07) is 0.176. The standard InChI is InChI=1S/C9H20N4O/c1-11-6-9(14)13-4-3-12(2)7-8(13)5-10/h8,11H,3-7,10H2,1-2H3. The van der Waals surface area contributed by atoms with Gasteiger partial charge in [-0.3, -0.25) is 4.79 Å². The van der Waals surface area contributed by atoms with Crippen molar-refractivity contribution in [2.75, 3.05) is 46.8 Å². The van der Waals surface area contributed by atoms with Crippen molar-refractivity contribution in [3.8, 4) is 0 Å². The minimum atomic E-state index is 0.149. The van der Waals surface area contributed by atoms with Crippen molar-refractivity contribution in [2.24, 2.45) is 5.73 Å². The summed E-state index contributed by atoms with van der Waals surface area (Å²) >= 11 is 0. The Balaban J connectivity index is 2.53. The third-order valence-electron chi connectivity index (χ3n) is 2.61. The molecule has 3 N–H and O–H groups in total. The van der Waals surface area contributed by atoms with Crippen molar-refractivity contribution in [1.29, 1.82) is 0 Å². The van der Waals surface area contributed by atoms with Crippen LogP contribution in [-0.2, 0) is 4.79 Å². The van der Waals surface area contributed by atoms with Crippen LogP contribution in [-0.4, -0.2) is 68.6 Å². The number of nitrogens with two attached hydrogens (primary N) is 1. The van der Waals surface area contributed by atoms with Gasteiger partial charge in [-0.05, 0) is 14.1 Å². The van der Waals surface area contributed by atoms with Gasteiger partial charge in [0.25, 0.3) is 0 Å². The highest BCUT2D eigenvalue weighted by atomic mass is 16.2. The molecule has 0 aromatic rings. The van der Waals surface area contributed by atoms with Crippen LogP contribution in [0.15, 0.2) is 0 Å². The average molecular weight is 200 g/mol. The Bertz CT molecular complexity index is 197. The summed E-state index contributed by atoms with van der Waals surface area (Å²) in [7, 11) is 3.84. The van der Waals surface area contributed by atoms with E-state index in [2.05, 4.69) is 17.3 Å². The van der Waals surface area contributed by atoms with Crippen LogP contribution >= 0.6 is 0 Å². The number of piperazine rings is 1. The number of nitrogens with zero attached hydrogens (tertiary/aromatic N) is 2. The molecular weight excluding hydrogens is 180 g/mol. The molecule has 1 saturated heterocycles. The Morgan fingerprint density at radius 3 is 2.86 bits per heavy atom. The molecule has 82 valence electrons. The Hall–Kier alpha value is -0.650. The first-order valence-corrected chi connectivity index (χ1v) is 5.01. The van der Waals surface area contributed by atoms with E-state index in [0.29, 0.717) is 13.1 Å². The summed E-state index contributed by atoms with van der Waals surface area (Å²) in [4.78, 5) is 15.8. The average Bonchev–Trinajstić information content (AvgIpc) is 2.17. The van der Waals surface area contributed by atoms with Gasteiger partial charge in [-0.25, -0.2) is 0 Å². The molecule has 1 atom stereocenters. The van der Waals surface area contributed by atoms with Crippen LogP contribution in [0.3, 0.4) is 0 Å². The molecule has 0 saturated carbocycles. The zero-order valence-electron chi connectivity index (χ0n) is 8.99. The number of likely N-dealkylation sites (N-methyl/N-ethyl adjacent to an activating group) is 2. The fourth-order valence-electron chi connectivity index (χ4n) is 1.79. The van der Waals surface area contributed by atoms with Crippen LogP contribution in [0.25, 0.3) is 0 Å². The molecule has 1 aliphatic rings. The fraction of sp³-hybridized carbons (Fsp3) is 0.889. The van der Waals surface area contributed by atoms with Crippen molar-refractivity contribution < 1.29 is 4.79 Å². The lowest BCUT2D eigenvalue weighted by Crippen LogP contribution is -2.58. The molecule has 1 unspecified atom stereocenters. The summed E-state index contributed by atoms with van der Waals surface area (Å²) in [6.07, 6.45) is 0. The summed E-state index contributed by atoms with van der Waals surface area (Å²) in [5.41, 5.74) is 5.65. The highest BCUT2D eigenvalue weighted by Gasteiger charge is 2.27. The Kier molecular flexibility index (Phi) is 4.31. The number of hydrogen-bond donors (Lipinski definition) is 2. The van der Waals surface area contributed by atoms with Crippen molar-refractivity contribution in [3.63, 3.8) is 0 Å². The molecule has 1 rings (SSSR count). The third-order valence-corrected chi connectivity index (χ3v) is 2.61. The van der Waals surface area contributed by atoms with Crippen molar-refractivity contribution >= 4 is 5.91 Å². The maximum absolute atomic E-state index is 11.7. The normalized spacial score (nSPS) is 23.9. The molecule has 1 amide bonds. The monoisotopic (exact) mass is 200 g/mol. The highest BCUT2D eigenvalue weighted by Crippen LogP contribution is 2.07. The molecule has 5 heteroatoms. The minimum Gasteiger partial charge on any atom is -0.335 e. The molecule has 14 heavy (non-hydrogen) atoms. The molecule has 1 heterocycles. The van der Waals surface area contributed by atoms with Crippen molar-refractivity contribution in [1.82, 2.24) is 15.1 Å². The number of carbonyl (C=O) groups excluding carboxylic acids is 1. The molecule has 5 nitrogen and oxygen atoms in total. The second kappa shape index (κ2) is 5.29. The smallest absolute Gasteiger partial charge is 0.236 e. The second-order valence-corrected chi connectivity index (χ2v) is 3.77. The van der Waals surface area contributed by atoms with Gasteiger partial charge in [0.1, 0.15) is 0 Å². The first kappa shape index (κ1) is 11.4. The summed E-state index contributed by atoms with van der Waals surface area (Å²) < 4.78 is 0. The first-order valence-electron chi connectivity index (χ1n) is 5.01. The SMILES string of the molecule is CNCC(=O)N1CCN(C)CC1CN. The van der Waals surface area contributed by atoms with Gasteiger partial charge >= 0.3 is 0 Å². The van der Waals surface area contributed by atoms with E-state index in [9.17, 15) is 4.79 Å². The van der Waals surface area contributed by atoms with Crippen molar-refractivity contribution in [2.45, 2.75) is 6.04 Å². The van der Waals surface area contributed by atoms with Gasteiger partial charge in [-0.15, -0.1) is 0 Å². The molecule has 0 aromatic heterocycles. The Labute approximate surface area is 85.2 Å². The summed E-state index contributed by atoms with van der Waals surface area (Å²) in [5.74, 6) is 0.149. The molecule has 0 spiro atoms. The number of amides is 1. The van der Waals surface area contributed by atoms with Gasteiger partial charge in [0, 0.05) is 26.2 Å². The van der Waals surface area contributed by atoms with E-state index < -0.39 is 0 Å². The second-order valence-electron chi connectivity index (χ2n) is 3.77. The fourth-order valence-corrected chi connectivity index (χ4v) is 1.79. The van der Waals surface area contributed by atoms with Gasteiger partial charge in [-0.2, -0.15) is 0 Å². The largest absolute Gasteiger partial charge is 0.335 e. The molecule has 0 aromatic carbocycles. The molecule has 0 radical (unpaired) electrons. The topological polar surface area (TPSA) is 61.6 Å². The molecular formula is C9H20N4O. The van der Waals surface area contributed by atoms with Crippen LogP contribution in [0.5, 0.6) is 0 Å². The van der Waals surface area contributed by atoms with E-state index >= 15 is 0 Å². The van der Waals surface area contributed by atoms with Gasteiger partial charge < -0.3 is 20.9 Å². The Morgan fingerprint density at radius 2 is 2.29 bits per heavy atom. The van der Waals surface area contributed by atoms with Crippen LogP contribution in [0.4, 0.5) is 0 Å². The van der Waals surface area contributed by atoms with E-state index in [4.69, 9.17) is 5.73 Å². The zero-order valence-corrected chi connectivity index (χ0v) is 8.99. The summed E-state index contributed by atoms with van der Waals surface area (Å²) in [6.45, 7) is 3.55. The Morgan fingerprint density at radius 1 is 1.57 bits per heavy atom. The van der Waals surface area contributed by atoms with Gasteiger partial charge in [0.15, 0.2) is 0 Å². The number of rotatable bonds is 3. The minimum absolute atomic E-state index is 0.149. The highest BCUT2D eigenvalue weighted by molar-refractivity contribution is 5.78. The quantitative estimate of drug-likeness (QED) is 0.570. The number of hydrogen-bond acceptors (Lipinski definition) is 4. The lowest BCUT2D eigenvalue weighted by atomic mass is 10.1. The van der Waals surface area contributed by atoms with E-state index in [1.807, 2.05) is 4.90 Å². The number of nitrogens with one attached hydrogen (secondary N) is 1. The van der Waals surface area contributed by atoms with E-state index in [1.165, 1.54) is 0 Å². The van der Waals surface area contributed by atoms with E-state index in [1.54, 1.807) is 7.05 Å². The van der Waals surface area contributed by atoms with Crippen LogP contribution in [0.1, 0.15) is 0 Å². The molecule has 0 aliphatic carbocycles. The van der Waals surface area contributed by atoms with Gasteiger partial charge in [-0.1, -0.05) is 0 Å². The van der Waals surface area contributed by atoms with Gasteiger partial charge in [0.2, 0.25) is 5.91 Å². The zero-order chi connectivity index (χ0) is 10.6. The van der Waals surface area contributed by atoms with Crippen molar-refractivity contribution in [3.05, 3.63) is 0 Å². The first-order chi connectivity index (χ1) is 6.69. The van der Waals surface area contributed by atoms with E-state index in [0.717, 1.165) is 19.6 Å². The lowest BCUT2D eigenvalue weighted by molar-refractivity contribution is -0.134. The van der Waals surface area contributed by atoms with Crippen LogP contribution < -0.4 is 11.1 Å². The van der Waals surface area contributed by atoms with Gasteiger partial charge in [0.05, 0.1) is 12.6 Å². The maximum atomic E-state index is 11.7. The molecule has 1 fully saturated rings. The third kappa shape index (κ3) is 2.67. The van der Waals surface area contributed by atoms with E-state index in [-0.39, 0.29) is 11.9 Å². The molecule has 0 bridgehead atoms. The lowest BCUT2D eigenvalue weighted by Gasteiger charge is -2.39. The number of carbonyl (C=O) groups is 1. The van der Waals surface area contributed by atoms with Crippen LogP contribution in [0.2, 0.25) is 0 Å². The predicted molar refractivity (Wildman–Crippen MR) is 56.0 cm³/mol. The van der Waals surface area contributed by atoms with Crippen LogP contribution in [0, 0.1) is 0 Å². The predicted octanol–water partition coefficient (Wildman–Crippen LogP) is -1.69. The molecule has 1 aliphatic heterocycles.